The van der Waals surface area contributed by atoms with Crippen molar-refractivity contribution < 1.29 is 4.74 Å². The molecule has 18 heavy (non-hydrogen) atoms. The first-order chi connectivity index (χ1) is 8.72. The van der Waals surface area contributed by atoms with E-state index in [9.17, 15) is 0 Å². The second-order valence-electron chi connectivity index (χ2n) is 4.73. The van der Waals surface area contributed by atoms with Gasteiger partial charge in [-0.25, -0.2) is 0 Å². The summed E-state index contributed by atoms with van der Waals surface area (Å²) >= 11 is 0. The number of ether oxygens (including phenoxy) is 1. The standard InChI is InChI=1S/C16H21NO/c1-3-4-10-18-16-7-5-6-14-11-13(12(2)17)8-9-15(14)16/h5-9,11-12H,3-4,10,17H2,1-2H3. The van der Waals surface area contributed by atoms with Crippen LogP contribution in [0.3, 0.4) is 0 Å². The molecule has 2 nitrogen and oxygen atoms in total. The molecule has 1 unspecified atom stereocenters. The number of fused-ring (bicyclic) bond motifs is 1. The maximum Gasteiger partial charge on any atom is 0.127 e. The average Bonchev–Trinajstić information content (AvgIpc) is 2.38. The molecule has 0 saturated carbocycles. The molecule has 0 aromatic heterocycles. The molecule has 0 heterocycles. The monoisotopic (exact) mass is 243 g/mol. The van der Waals surface area contributed by atoms with E-state index in [-0.39, 0.29) is 6.04 Å². The zero-order valence-electron chi connectivity index (χ0n) is 11.1. The third-order valence-electron chi connectivity index (χ3n) is 3.15. The Bertz CT molecular complexity index is 519. The molecule has 0 spiro atoms. The van der Waals surface area contributed by atoms with Gasteiger partial charge in [0.25, 0.3) is 0 Å². The Morgan fingerprint density at radius 3 is 2.78 bits per heavy atom. The van der Waals surface area contributed by atoms with Crippen molar-refractivity contribution >= 4 is 10.8 Å². The molecule has 0 fully saturated rings. The number of rotatable bonds is 5. The predicted molar refractivity (Wildman–Crippen MR) is 77.0 cm³/mol. The number of hydrogen-bond acceptors (Lipinski definition) is 2. The minimum absolute atomic E-state index is 0.0686. The van der Waals surface area contributed by atoms with Crippen LogP contribution in [0.4, 0.5) is 0 Å². The number of benzene rings is 2. The van der Waals surface area contributed by atoms with Crippen LogP contribution in [-0.2, 0) is 0 Å². The lowest BCUT2D eigenvalue weighted by Crippen LogP contribution is -2.04. The second kappa shape index (κ2) is 5.87. The summed E-state index contributed by atoms with van der Waals surface area (Å²) in [4.78, 5) is 0. The van der Waals surface area contributed by atoms with E-state index < -0.39 is 0 Å². The molecule has 2 aromatic carbocycles. The third-order valence-corrected chi connectivity index (χ3v) is 3.15. The zero-order valence-corrected chi connectivity index (χ0v) is 11.1. The van der Waals surface area contributed by atoms with Gasteiger partial charge in [0, 0.05) is 11.4 Å². The molecule has 2 N–H and O–H groups in total. The summed E-state index contributed by atoms with van der Waals surface area (Å²) in [5.41, 5.74) is 7.07. The van der Waals surface area contributed by atoms with Crippen LogP contribution in [0.25, 0.3) is 10.8 Å². The van der Waals surface area contributed by atoms with E-state index in [0.717, 1.165) is 36.1 Å². The summed E-state index contributed by atoms with van der Waals surface area (Å²) in [7, 11) is 0. The molecule has 2 rings (SSSR count). The minimum atomic E-state index is 0.0686. The SMILES string of the molecule is CCCCOc1cccc2cc(C(C)N)ccc12. The van der Waals surface area contributed by atoms with Crippen molar-refractivity contribution in [2.45, 2.75) is 32.7 Å². The Morgan fingerprint density at radius 2 is 2.06 bits per heavy atom. The highest BCUT2D eigenvalue weighted by Crippen LogP contribution is 2.27. The molecule has 0 amide bonds. The van der Waals surface area contributed by atoms with Crippen LogP contribution in [0.5, 0.6) is 5.75 Å². The third kappa shape index (κ3) is 2.82. The van der Waals surface area contributed by atoms with E-state index in [1.165, 1.54) is 5.39 Å². The van der Waals surface area contributed by atoms with Gasteiger partial charge in [0.05, 0.1) is 6.61 Å². The topological polar surface area (TPSA) is 35.2 Å². The van der Waals surface area contributed by atoms with Crippen LogP contribution < -0.4 is 10.5 Å². The summed E-state index contributed by atoms with van der Waals surface area (Å²) in [6.07, 6.45) is 2.24. The summed E-state index contributed by atoms with van der Waals surface area (Å²) in [5.74, 6) is 0.970. The van der Waals surface area contributed by atoms with Crippen LogP contribution in [0, 0.1) is 0 Å². The largest absolute Gasteiger partial charge is 0.493 e. The first kappa shape index (κ1) is 12.9. The minimum Gasteiger partial charge on any atom is -0.493 e. The average molecular weight is 243 g/mol. The summed E-state index contributed by atoms with van der Waals surface area (Å²) in [5, 5.41) is 2.36. The number of unbranched alkanes of at least 4 members (excludes halogenated alkanes) is 1. The highest BCUT2D eigenvalue weighted by molar-refractivity contribution is 5.88. The molecule has 2 aromatic rings. The van der Waals surface area contributed by atoms with Gasteiger partial charge < -0.3 is 10.5 Å². The number of hydrogen-bond donors (Lipinski definition) is 1. The molecule has 0 radical (unpaired) electrons. The van der Waals surface area contributed by atoms with Gasteiger partial charge in [0.1, 0.15) is 5.75 Å². The van der Waals surface area contributed by atoms with Gasteiger partial charge >= 0.3 is 0 Å². The predicted octanol–water partition coefficient (Wildman–Crippen LogP) is 4.04. The molecule has 0 aliphatic carbocycles. The highest BCUT2D eigenvalue weighted by atomic mass is 16.5. The van der Waals surface area contributed by atoms with Crippen LogP contribution in [0.15, 0.2) is 36.4 Å². The Labute approximate surface area is 109 Å². The highest BCUT2D eigenvalue weighted by Gasteiger charge is 2.05. The Hall–Kier alpha value is -1.54. The van der Waals surface area contributed by atoms with Crippen molar-refractivity contribution in [1.82, 2.24) is 0 Å². The van der Waals surface area contributed by atoms with Crippen LogP contribution in [0.2, 0.25) is 0 Å². The molecule has 96 valence electrons. The molecule has 0 aliphatic rings. The molecule has 0 aliphatic heterocycles. The molecule has 0 bridgehead atoms. The second-order valence-corrected chi connectivity index (χ2v) is 4.73. The van der Waals surface area contributed by atoms with E-state index in [2.05, 4.69) is 31.2 Å². The van der Waals surface area contributed by atoms with E-state index in [4.69, 9.17) is 10.5 Å². The van der Waals surface area contributed by atoms with Crippen LogP contribution in [0.1, 0.15) is 38.3 Å². The van der Waals surface area contributed by atoms with Gasteiger partial charge in [-0.2, -0.15) is 0 Å². The fraction of sp³-hybridized carbons (Fsp3) is 0.375. The van der Waals surface area contributed by atoms with E-state index in [1.807, 2.05) is 19.1 Å². The van der Waals surface area contributed by atoms with E-state index in [0.29, 0.717) is 0 Å². The summed E-state index contributed by atoms with van der Waals surface area (Å²) < 4.78 is 5.83. The van der Waals surface area contributed by atoms with Gasteiger partial charge in [-0.15, -0.1) is 0 Å². The van der Waals surface area contributed by atoms with Gasteiger partial charge in [-0.3, -0.25) is 0 Å². The molecule has 0 saturated heterocycles. The lowest BCUT2D eigenvalue weighted by molar-refractivity contribution is 0.313. The van der Waals surface area contributed by atoms with Gasteiger partial charge in [-0.05, 0) is 36.4 Å². The fourth-order valence-corrected chi connectivity index (χ4v) is 2.01. The maximum absolute atomic E-state index is 5.91. The van der Waals surface area contributed by atoms with Crippen molar-refractivity contribution in [2.75, 3.05) is 6.61 Å². The van der Waals surface area contributed by atoms with E-state index >= 15 is 0 Å². The van der Waals surface area contributed by atoms with Crippen molar-refractivity contribution in [3.8, 4) is 5.75 Å². The van der Waals surface area contributed by atoms with Crippen molar-refractivity contribution in [2.24, 2.45) is 5.73 Å². The number of nitrogens with two attached hydrogens (primary N) is 1. The molecule has 1 atom stereocenters. The quantitative estimate of drug-likeness (QED) is 0.804. The Balaban J connectivity index is 2.32. The maximum atomic E-state index is 5.91. The van der Waals surface area contributed by atoms with Crippen LogP contribution in [-0.4, -0.2) is 6.61 Å². The van der Waals surface area contributed by atoms with E-state index in [1.54, 1.807) is 0 Å². The summed E-state index contributed by atoms with van der Waals surface area (Å²) in [6, 6.07) is 12.6. The lowest BCUT2D eigenvalue weighted by atomic mass is 10.0. The first-order valence-electron chi connectivity index (χ1n) is 6.63. The van der Waals surface area contributed by atoms with Crippen LogP contribution >= 0.6 is 0 Å². The molecule has 2 heteroatoms. The molecular formula is C16H21NO. The first-order valence-corrected chi connectivity index (χ1v) is 6.63. The normalized spacial score (nSPS) is 12.6. The lowest BCUT2D eigenvalue weighted by Gasteiger charge is -2.11. The zero-order chi connectivity index (χ0) is 13.0. The van der Waals surface area contributed by atoms with Gasteiger partial charge in [0.2, 0.25) is 0 Å². The Morgan fingerprint density at radius 1 is 1.22 bits per heavy atom. The molecular weight excluding hydrogens is 222 g/mol. The van der Waals surface area contributed by atoms with Crippen molar-refractivity contribution in [3.05, 3.63) is 42.0 Å². The summed E-state index contributed by atoms with van der Waals surface area (Å²) in [6.45, 7) is 4.95. The fourth-order valence-electron chi connectivity index (χ4n) is 2.01. The van der Waals surface area contributed by atoms with Gasteiger partial charge in [0.15, 0.2) is 0 Å². The smallest absolute Gasteiger partial charge is 0.127 e. The van der Waals surface area contributed by atoms with Gasteiger partial charge in [-0.1, -0.05) is 37.6 Å². The Kier molecular flexibility index (Phi) is 4.21. The van der Waals surface area contributed by atoms with Crippen molar-refractivity contribution in [3.63, 3.8) is 0 Å². The van der Waals surface area contributed by atoms with Crippen molar-refractivity contribution in [1.29, 1.82) is 0 Å².